The van der Waals surface area contributed by atoms with Crippen LogP contribution < -0.4 is 0 Å². The first-order chi connectivity index (χ1) is 29.4. The van der Waals surface area contributed by atoms with Crippen LogP contribution in [-0.4, -0.2) is 80.7 Å². The van der Waals surface area contributed by atoms with Gasteiger partial charge in [-0.05, 0) is 63.9 Å². The van der Waals surface area contributed by atoms with Gasteiger partial charge in [-0.1, -0.05) is 166 Å². The molecule has 0 fully saturated rings. The van der Waals surface area contributed by atoms with E-state index in [0.29, 0.717) is 23.9 Å². The number of likely N-dealkylation sites (N-methyl/N-ethyl adjacent to an activating group) is 1. The first kappa shape index (κ1) is 58.9. The predicted octanol–water partition coefficient (Wildman–Crippen LogP) is 13.7. The lowest BCUT2D eigenvalue weighted by Crippen LogP contribution is -2.37. The Bertz CT molecular complexity index is 1200. The highest BCUT2D eigenvalue weighted by Gasteiger charge is 2.27. The molecule has 0 saturated heterocycles. The zero-order chi connectivity index (χ0) is 45.1. The van der Waals surface area contributed by atoms with E-state index in [0.717, 1.165) is 51.4 Å². The lowest BCUT2D eigenvalue weighted by Gasteiger charge is -2.24. The van der Waals surface area contributed by atoms with Crippen LogP contribution in [0.5, 0.6) is 0 Å². The zero-order valence-electron chi connectivity index (χ0n) is 39.9. The monoisotopic (exact) mass is 883 g/mol. The van der Waals surface area contributed by atoms with Crippen molar-refractivity contribution in [1.82, 2.24) is 0 Å². The van der Waals surface area contributed by atoms with Crippen LogP contribution in [0, 0.1) is 0 Å². The Kier molecular flexibility index (Phi) is 40.4. The number of ether oxygens (including phenoxy) is 2. The minimum Gasteiger partial charge on any atom is -0.462 e. The quantitative estimate of drug-likeness (QED) is 0.0121. The van der Waals surface area contributed by atoms with Crippen LogP contribution in [0.3, 0.4) is 0 Å². The lowest BCUT2D eigenvalue weighted by atomic mass is 10.0. The number of carbonyl (C=O) groups excluding carboxylic acids is 3. The van der Waals surface area contributed by atoms with Gasteiger partial charge in [-0.25, -0.2) is 4.57 Å². The summed E-state index contributed by atoms with van der Waals surface area (Å²) < 4.78 is 34.3. The third kappa shape index (κ3) is 45.7. The summed E-state index contributed by atoms with van der Waals surface area (Å²) in [6.45, 7) is 4.24. The molecule has 0 aliphatic heterocycles. The molecule has 0 aliphatic rings. The summed E-state index contributed by atoms with van der Waals surface area (Å²) >= 11 is 0. The summed E-state index contributed by atoms with van der Waals surface area (Å²) in [5.74, 6) is -0.765. The van der Waals surface area contributed by atoms with Crippen molar-refractivity contribution in [2.75, 3.05) is 47.5 Å². The first-order valence-corrected chi connectivity index (χ1v) is 26.2. The molecule has 10 nitrogen and oxygen atoms in total. The summed E-state index contributed by atoms with van der Waals surface area (Å²) in [6.07, 6.45) is 44.4. The summed E-state index contributed by atoms with van der Waals surface area (Å²) in [5, 5.41) is 0. The van der Waals surface area contributed by atoms with Crippen LogP contribution in [-0.2, 0) is 37.5 Å². The van der Waals surface area contributed by atoms with Crippen molar-refractivity contribution in [2.24, 2.45) is 0 Å². The largest absolute Gasteiger partial charge is 0.472 e. The van der Waals surface area contributed by atoms with Gasteiger partial charge in [-0.3, -0.25) is 23.4 Å². The summed E-state index contributed by atoms with van der Waals surface area (Å²) in [6, 6.07) is 0. The highest BCUT2D eigenvalue weighted by molar-refractivity contribution is 7.47. The normalized spacial score (nSPS) is 13.7. The van der Waals surface area contributed by atoms with Crippen molar-refractivity contribution < 1.29 is 46.8 Å². The molecule has 0 heterocycles. The molecule has 2 atom stereocenters. The van der Waals surface area contributed by atoms with E-state index in [9.17, 15) is 23.8 Å². The number of rotatable bonds is 45. The molecule has 0 aromatic heterocycles. The first-order valence-electron chi connectivity index (χ1n) is 24.7. The Balaban J connectivity index is 4.31. The van der Waals surface area contributed by atoms with Gasteiger partial charge in [0.1, 0.15) is 19.8 Å². The van der Waals surface area contributed by atoms with Crippen molar-refractivity contribution in [3.8, 4) is 0 Å². The Morgan fingerprint density at radius 2 is 0.984 bits per heavy atom. The van der Waals surface area contributed by atoms with Crippen LogP contribution in [0.15, 0.2) is 36.5 Å². The van der Waals surface area contributed by atoms with Crippen LogP contribution in [0.25, 0.3) is 0 Å². The number of quaternary nitrogens is 1. The predicted molar refractivity (Wildman–Crippen MR) is 252 cm³/mol. The smallest absolute Gasteiger partial charge is 0.462 e. The molecule has 11 heteroatoms. The molecular formula is C50H93NO9P+. The molecule has 0 bridgehead atoms. The lowest BCUT2D eigenvalue weighted by molar-refractivity contribution is -0.870. The molecule has 0 radical (unpaired) electrons. The second-order valence-corrected chi connectivity index (χ2v) is 19.3. The third-order valence-electron chi connectivity index (χ3n) is 10.6. The maximum atomic E-state index is 12.7. The van der Waals surface area contributed by atoms with Gasteiger partial charge in [0, 0.05) is 19.3 Å². The fourth-order valence-electron chi connectivity index (χ4n) is 6.70. The van der Waals surface area contributed by atoms with Gasteiger partial charge in [0.2, 0.25) is 0 Å². The number of phosphoric ester groups is 1. The van der Waals surface area contributed by atoms with Crippen molar-refractivity contribution in [2.45, 2.75) is 219 Å². The molecule has 1 unspecified atom stereocenters. The number of ketones is 1. The van der Waals surface area contributed by atoms with E-state index in [1.54, 1.807) is 6.08 Å². The molecule has 0 saturated carbocycles. The zero-order valence-corrected chi connectivity index (χ0v) is 40.8. The second-order valence-electron chi connectivity index (χ2n) is 17.9. The fourth-order valence-corrected chi connectivity index (χ4v) is 7.44. The number of esters is 2. The van der Waals surface area contributed by atoms with Gasteiger partial charge < -0.3 is 18.9 Å². The third-order valence-corrected chi connectivity index (χ3v) is 11.6. The average Bonchev–Trinajstić information content (AvgIpc) is 3.21. The number of hydrogen-bond acceptors (Lipinski definition) is 8. The van der Waals surface area contributed by atoms with Gasteiger partial charge >= 0.3 is 19.8 Å². The maximum Gasteiger partial charge on any atom is 0.472 e. The van der Waals surface area contributed by atoms with Crippen LogP contribution in [0.2, 0.25) is 0 Å². The molecular weight excluding hydrogens is 790 g/mol. The maximum absolute atomic E-state index is 12.7. The standard InChI is InChI=1S/C50H92NO9P/c1-6-8-10-12-14-15-16-17-18-19-20-21-22-23-24-25-26-27-29-33-37-41-49(53)57-45-48(46-59-61(55,56)58-44-43-51(3,4)5)60-50(54)42-38-34-30-32-36-40-47(52)39-35-31-28-13-11-9-7-2/h17-18,28,31,35,39,48H,6-16,19-27,29-30,32-34,36-38,40-46H2,1-5H3/p+1/b18-17-,31-28-,39-35+/t48-/m1/s1. The topological polar surface area (TPSA) is 125 Å². The van der Waals surface area contributed by atoms with E-state index >= 15 is 0 Å². The number of nitrogens with zero attached hydrogens (tertiary/aromatic N) is 1. The van der Waals surface area contributed by atoms with Gasteiger partial charge in [0.05, 0.1) is 27.7 Å². The van der Waals surface area contributed by atoms with Gasteiger partial charge in [-0.2, -0.15) is 0 Å². The summed E-state index contributed by atoms with van der Waals surface area (Å²) in [5.41, 5.74) is 0. The Labute approximate surface area is 374 Å². The molecule has 0 rings (SSSR count). The Hall–Kier alpha value is -2.10. The second kappa shape index (κ2) is 41.9. The molecule has 0 aliphatic carbocycles. The van der Waals surface area contributed by atoms with Gasteiger partial charge in [-0.15, -0.1) is 0 Å². The minimum atomic E-state index is -4.41. The van der Waals surface area contributed by atoms with Crippen molar-refractivity contribution >= 4 is 25.5 Å². The molecule has 61 heavy (non-hydrogen) atoms. The van der Waals surface area contributed by atoms with Crippen molar-refractivity contribution in [3.63, 3.8) is 0 Å². The Morgan fingerprint density at radius 1 is 0.541 bits per heavy atom. The molecule has 0 spiro atoms. The van der Waals surface area contributed by atoms with Crippen molar-refractivity contribution in [1.29, 1.82) is 0 Å². The van der Waals surface area contributed by atoms with Crippen LogP contribution in [0.4, 0.5) is 0 Å². The summed E-state index contributed by atoms with van der Waals surface area (Å²) in [7, 11) is 1.40. The number of phosphoric acid groups is 1. The fraction of sp³-hybridized carbons (Fsp3) is 0.820. The molecule has 356 valence electrons. The summed E-state index contributed by atoms with van der Waals surface area (Å²) in [4.78, 5) is 47.6. The molecule has 1 N–H and O–H groups in total. The van der Waals surface area contributed by atoms with E-state index in [-0.39, 0.29) is 31.8 Å². The van der Waals surface area contributed by atoms with E-state index in [4.69, 9.17) is 18.5 Å². The van der Waals surface area contributed by atoms with Crippen LogP contribution >= 0.6 is 7.82 Å². The molecule has 0 amide bonds. The van der Waals surface area contributed by atoms with E-state index in [1.807, 2.05) is 33.3 Å². The van der Waals surface area contributed by atoms with E-state index < -0.39 is 32.5 Å². The highest BCUT2D eigenvalue weighted by Crippen LogP contribution is 2.43. The highest BCUT2D eigenvalue weighted by atomic mass is 31.2. The number of unbranched alkanes of at least 4 members (excludes halogenated alkanes) is 24. The number of carbonyl (C=O) groups is 3. The van der Waals surface area contributed by atoms with Gasteiger partial charge in [0.15, 0.2) is 11.9 Å². The average molecular weight is 883 g/mol. The number of hydrogen-bond donors (Lipinski definition) is 1. The van der Waals surface area contributed by atoms with E-state index in [1.165, 1.54) is 122 Å². The minimum absolute atomic E-state index is 0.00972. The van der Waals surface area contributed by atoms with E-state index in [2.05, 4.69) is 32.1 Å². The Morgan fingerprint density at radius 3 is 1.52 bits per heavy atom. The number of allylic oxidation sites excluding steroid dienone is 6. The van der Waals surface area contributed by atoms with Crippen molar-refractivity contribution in [3.05, 3.63) is 36.5 Å². The van der Waals surface area contributed by atoms with Gasteiger partial charge in [0.25, 0.3) is 0 Å². The molecule has 0 aromatic rings. The van der Waals surface area contributed by atoms with Crippen LogP contribution in [0.1, 0.15) is 213 Å². The SMILES string of the molecule is CCCCC/C=C\C=C\C(=O)CCCCCCCC(=O)O[C@H](COC(=O)CCCCCCCCCCCCC/C=C\CCCCCCCC)COP(=O)(O)OCC[N+](C)(C)C. The molecule has 0 aromatic carbocycles.